The van der Waals surface area contributed by atoms with Crippen molar-refractivity contribution in [1.29, 1.82) is 0 Å². The number of benzene rings is 3. The van der Waals surface area contributed by atoms with Crippen molar-refractivity contribution in [3.8, 4) is 16.9 Å². The molecule has 248 valence electrons. The Morgan fingerprint density at radius 1 is 1.00 bits per heavy atom. The smallest absolute Gasteiger partial charge is 0.247 e. The highest BCUT2D eigenvalue weighted by Gasteiger charge is 2.31. The molecule has 4 heterocycles. The van der Waals surface area contributed by atoms with E-state index >= 15 is 0 Å². The summed E-state index contributed by atoms with van der Waals surface area (Å²) in [6, 6.07) is 20.6. The highest BCUT2D eigenvalue weighted by Crippen LogP contribution is 2.40. The summed E-state index contributed by atoms with van der Waals surface area (Å²) >= 11 is 0. The standard InChI is InChI=1S/C36H38FN7O4/c1-3-36(45)41-29-18-30(33(46-2)19-32(29)43-13-11-42(12-14-43)28-21-47-22-28)40-34-20-35(39-23-38-34)44-31(10-15-48-44)26-8-4-6-24(16-26)25-7-5-9-27(37)17-25/h3-9,16-20,23,28,31H,1,10-15,21-22H2,2H3,(H,41,45)(H,38,39,40). The Labute approximate surface area is 278 Å². The second kappa shape index (κ2) is 14.0. The number of ether oxygens (including phenoxy) is 2. The molecule has 12 heteroatoms. The van der Waals surface area contributed by atoms with Crippen molar-refractivity contribution < 1.29 is 23.5 Å². The minimum Gasteiger partial charge on any atom is -0.494 e. The quantitative estimate of drug-likeness (QED) is 0.212. The number of aromatic nitrogens is 2. The third-order valence-electron chi connectivity index (χ3n) is 9.03. The van der Waals surface area contributed by atoms with Gasteiger partial charge in [-0.1, -0.05) is 36.9 Å². The Morgan fingerprint density at radius 3 is 2.52 bits per heavy atom. The molecule has 3 saturated heterocycles. The molecular weight excluding hydrogens is 613 g/mol. The number of halogens is 1. The Hall–Kier alpha value is -5.04. The van der Waals surface area contributed by atoms with Crippen LogP contribution in [0.3, 0.4) is 0 Å². The molecule has 11 nitrogen and oxygen atoms in total. The number of nitrogens with zero attached hydrogens (tertiary/aromatic N) is 5. The van der Waals surface area contributed by atoms with Crippen molar-refractivity contribution in [2.24, 2.45) is 0 Å². The highest BCUT2D eigenvalue weighted by molar-refractivity contribution is 6.02. The van der Waals surface area contributed by atoms with Crippen molar-refractivity contribution >= 4 is 34.6 Å². The predicted molar refractivity (Wildman–Crippen MR) is 183 cm³/mol. The van der Waals surface area contributed by atoms with E-state index in [1.807, 2.05) is 42.5 Å². The normalized spacial score (nSPS) is 18.3. The molecule has 2 N–H and O–H groups in total. The number of carbonyl (C=O) groups excluding carboxylic acids is 1. The molecule has 0 bridgehead atoms. The van der Waals surface area contributed by atoms with E-state index in [2.05, 4.69) is 43.0 Å². The first-order valence-corrected chi connectivity index (χ1v) is 16.1. The number of rotatable bonds is 10. The van der Waals surface area contributed by atoms with E-state index in [0.717, 1.165) is 68.2 Å². The van der Waals surface area contributed by atoms with E-state index in [1.165, 1.54) is 24.5 Å². The summed E-state index contributed by atoms with van der Waals surface area (Å²) < 4.78 is 25.2. The molecule has 3 aliphatic rings. The van der Waals surface area contributed by atoms with Gasteiger partial charge in [0.05, 0.1) is 56.1 Å². The number of amides is 1. The van der Waals surface area contributed by atoms with Crippen LogP contribution in [0.1, 0.15) is 18.0 Å². The van der Waals surface area contributed by atoms with Crippen molar-refractivity contribution in [1.82, 2.24) is 14.9 Å². The maximum absolute atomic E-state index is 13.9. The van der Waals surface area contributed by atoms with Crippen molar-refractivity contribution in [3.05, 3.63) is 97.1 Å². The SMILES string of the molecule is C=CC(=O)Nc1cc(Nc2cc(N3OCCC3c3cccc(-c4cccc(F)c4)c3)ncn2)c(OC)cc1N1CCN(C2COC2)CC1. The van der Waals surface area contributed by atoms with Gasteiger partial charge in [0.15, 0.2) is 5.82 Å². The number of hydroxylamine groups is 1. The first-order chi connectivity index (χ1) is 23.5. The summed E-state index contributed by atoms with van der Waals surface area (Å²) in [5.41, 5.74) is 4.90. The molecule has 1 unspecified atom stereocenters. The number of hydrogen-bond donors (Lipinski definition) is 2. The lowest BCUT2D eigenvalue weighted by atomic mass is 9.98. The average molecular weight is 652 g/mol. The zero-order chi connectivity index (χ0) is 33.0. The molecule has 4 aromatic rings. The molecule has 0 saturated carbocycles. The lowest BCUT2D eigenvalue weighted by molar-refractivity contribution is -0.111. The predicted octanol–water partition coefficient (Wildman–Crippen LogP) is 5.56. The van der Waals surface area contributed by atoms with Crippen LogP contribution >= 0.6 is 0 Å². The van der Waals surface area contributed by atoms with Gasteiger partial charge in [-0.2, -0.15) is 0 Å². The summed E-state index contributed by atoms with van der Waals surface area (Å²) in [7, 11) is 1.62. The second-order valence-corrected chi connectivity index (χ2v) is 12.0. The molecule has 48 heavy (non-hydrogen) atoms. The Balaban J connectivity index is 1.13. The maximum atomic E-state index is 13.9. The number of methoxy groups -OCH3 is 1. The molecule has 1 atom stereocenters. The minimum absolute atomic E-state index is 0.104. The van der Waals surface area contributed by atoms with Gasteiger partial charge in [-0.05, 0) is 47.0 Å². The summed E-state index contributed by atoms with van der Waals surface area (Å²) in [4.78, 5) is 32.3. The summed E-state index contributed by atoms with van der Waals surface area (Å²) in [5, 5.41) is 8.14. The molecule has 3 fully saturated rings. The average Bonchev–Trinajstić information content (AvgIpc) is 3.59. The Bertz CT molecular complexity index is 1790. The number of anilines is 5. The lowest BCUT2D eigenvalue weighted by Gasteiger charge is -2.43. The first-order valence-electron chi connectivity index (χ1n) is 16.1. The highest BCUT2D eigenvalue weighted by atomic mass is 19.1. The number of hydrogen-bond acceptors (Lipinski definition) is 10. The second-order valence-electron chi connectivity index (χ2n) is 12.0. The van der Waals surface area contributed by atoms with E-state index in [1.54, 1.807) is 18.2 Å². The van der Waals surface area contributed by atoms with Gasteiger partial charge < -0.3 is 25.0 Å². The van der Waals surface area contributed by atoms with Gasteiger partial charge in [-0.25, -0.2) is 19.4 Å². The van der Waals surface area contributed by atoms with Crippen molar-refractivity contribution in [3.63, 3.8) is 0 Å². The number of carbonyl (C=O) groups is 1. The van der Waals surface area contributed by atoms with Crippen molar-refractivity contribution in [2.75, 3.05) is 73.7 Å². The first kappa shape index (κ1) is 31.6. The van der Waals surface area contributed by atoms with Crippen LogP contribution in [0.5, 0.6) is 5.75 Å². The summed E-state index contributed by atoms with van der Waals surface area (Å²) in [6.45, 7) is 9.15. The van der Waals surface area contributed by atoms with Crippen LogP contribution in [0.2, 0.25) is 0 Å². The van der Waals surface area contributed by atoms with E-state index in [-0.39, 0.29) is 17.8 Å². The van der Waals surface area contributed by atoms with Gasteiger partial charge in [0.25, 0.3) is 0 Å². The Morgan fingerprint density at radius 2 is 1.79 bits per heavy atom. The molecule has 0 aliphatic carbocycles. The fraction of sp³-hybridized carbons (Fsp3) is 0.306. The molecule has 0 radical (unpaired) electrons. The lowest BCUT2D eigenvalue weighted by Crippen LogP contribution is -2.56. The van der Waals surface area contributed by atoms with E-state index < -0.39 is 0 Å². The van der Waals surface area contributed by atoms with Gasteiger partial charge in [0.1, 0.15) is 23.7 Å². The molecule has 3 aromatic carbocycles. The third-order valence-corrected chi connectivity index (χ3v) is 9.03. The van der Waals surface area contributed by atoms with Gasteiger partial charge in [0, 0.05) is 44.7 Å². The van der Waals surface area contributed by atoms with Crippen LogP contribution in [0, 0.1) is 5.82 Å². The van der Waals surface area contributed by atoms with Crippen LogP contribution in [-0.2, 0) is 14.4 Å². The molecule has 1 aromatic heterocycles. The molecule has 0 spiro atoms. The van der Waals surface area contributed by atoms with Crippen LogP contribution in [0.4, 0.5) is 33.1 Å². The van der Waals surface area contributed by atoms with Gasteiger partial charge in [0.2, 0.25) is 5.91 Å². The van der Waals surface area contributed by atoms with E-state index in [0.29, 0.717) is 41.4 Å². The zero-order valence-electron chi connectivity index (χ0n) is 26.8. The van der Waals surface area contributed by atoms with E-state index in [9.17, 15) is 9.18 Å². The zero-order valence-corrected chi connectivity index (χ0v) is 26.8. The molecule has 7 rings (SSSR count). The van der Waals surface area contributed by atoms with Gasteiger partial charge in [-0.15, -0.1) is 0 Å². The van der Waals surface area contributed by atoms with Crippen LogP contribution < -0.4 is 25.3 Å². The fourth-order valence-corrected chi connectivity index (χ4v) is 6.41. The minimum atomic E-state index is -0.305. The molecular formula is C36H38FN7O4. The third kappa shape index (κ3) is 6.68. The number of nitrogens with one attached hydrogen (secondary N) is 2. The monoisotopic (exact) mass is 651 g/mol. The van der Waals surface area contributed by atoms with Gasteiger partial charge >= 0.3 is 0 Å². The van der Waals surface area contributed by atoms with E-state index in [4.69, 9.17) is 14.3 Å². The molecule has 3 aliphatic heterocycles. The summed E-state index contributed by atoms with van der Waals surface area (Å²) in [5.74, 6) is 1.12. The topological polar surface area (TPSA) is 104 Å². The van der Waals surface area contributed by atoms with Gasteiger partial charge in [-0.3, -0.25) is 14.5 Å². The summed E-state index contributed by atoms with van der Waals surface area (Å²) in [6.07, 6.45) is 3.49. The molecule has 1 amide bonds. The number of piperazine rings is 1. The van der Waals surface area contributed by atoms with Crippen LogP contribution in [0.15, 0.2) is 85.7 Å². The Kier molecular flexibility index (Phi) is 9.19. The largest absolute Gasteiger partial charge is 0.494 e. The maximum Gasteiger partial charge on any atom is 0.247 e. The van der Waals surface area contributed by atoms with Crippen LogP contribution in [-0.4, -0.2) is 79.9 Å². The van der Waals surface area contributed by atoms with Crippen molar-refractivity contribution in [2.45, 2.75) is 18.5 Å². The van der Waals surface area contributed by atoms with Crippen LogP contribution in [0.25, 0.3) is 11.1 Å². The fourth-order valence-electron chi connectivity index (χ4n) is 6.41.